The summed E-state index contributed by atoms with van der Waals surface area (Å²) in [6.07, 6.45) is 0. The van der Waals surface area contributed by atoms with Crippen molar-refractivity contribution in [3.63, 3.8) is 0 Å². The number of hydrogen-bond acceptors (Lipinski definition) is 4. The normalized spacial score (nSPS) is 15.5. The van der Waals surface area contributed by atoms with Crippen molar-refractivity contribution >= 4 is 29.9 Å². The summed E-state index contributed by atoms with van der Waals surface area (Å²) >= 11 is 0. The molecule has 1 atom stereocenters. The Kier molecular flexibility index (Phi) is 10.1. The van der Waals surface area contributed by atoms with Gasteiger partial charge in [0, 0.05) is 38.8 Å². The Labute approximate surface area is 198 Å². The van der Waals surface area contributed by atoms with E-state index in [-0.39, 0.29) is 47.9 Å². The number of nitrogens with zero attached hydrogens (tertiary/aromatic N) is 3. The second kappa shape index (κ2) is 12.5. The Hall–Kier alpha value is -2.29. The Bertz CT molecular complexity index is 911. The standard InChI is InChI=1S/C22H25F2N5O.HI/c1-26-22(27-14-18-3-2-16(13-25)12-20(18)24)28-15-21(29-8-10-30-11-9-29)17-4-6-19(23)7-5-17;/h2-7,12,21H,8-11,14-15H2,1H3,(H2,26,27,28);1H. The Morgan fingerprint density at radius 3 is 2.48 bits per heavy atom. The molecule has 9 heteroatoms. The lowest BCUT2D eigenvalue weighted by Gasteiger charge is -2.35. The van der Waals surface area contributed by atoms with Crippen molar-refractivity contribution in [1.82, 2.24) is 15.5 Å². The molecule has 0 aromatic heterocycles. The van der Waals surface area contributed by atoms with Gasteiger partial charge in [0.2, 0.25) is 0 Å². The van der Waals surface area contributed by atoms with E-state index in [2.05, 4.69) is 20.5 Å². The Morgan fingerprint density at radius 2 is 1.87 bits per heavy atom. The fourth-order valence-electron chi connectivity index (χ4n) is 3.38. The van der Waals surface area contributed by atoms with E-state index in [1.165, 1.54) is 18.2 Å². The lowest BCUT2D eigenvalue weighted by atomic mass is 10.0. The van der Waals surface area contributed by atoms with Crippen LogP contribution in [0.3, 0.4) is 0 Å². The molecule has 0 aliphatic carbocycles. The molecular weight excluding hydrogens is 515 g/mol. The van der Waals surface area contributed by atoms with E-state index >= 15 is 0 Å². The summed E-state index contributed by atoms with van der Waals surface area (Å²) in [7, 11) is 1.64. The number of guanidine groups is 1. The number of benzene rings is 2. The van der Waals surface area contributed by atoms with Gasteiger partial charge in [-0.15, -0.1) is 24.0 Å². The lowest BCUT2D eigenvalue weighted by molar-refractivity contribution is 0.0170. The highest BCUT2D eigenvalue weighted by atomic mass is 127. The summed E-state index contributed by atoms with van der Waals surface area (Å²) in [6.45, 7) is 3.65. The van der Waals surface area contributed by atoms with E-state index < -0.39 is 5.82 Å². The van der Waals surface area contributed by atoms with Crippen LogP contribution in [0.15, 0.2) is 47.5 Å². The number of morpholine rings is 1. The van der Waals surface area contributed by atoms with Crippen molar-refractivity contribution in [2.75, 3.05) is 39.9 Å². The van der Waals surface area contributed by atoms with E-state index in [0.717, 1.165) is 18.7 Å². The van der Waals surface area contributed by atoms with E-state index in [0.29, 0.717) is 31.3 Å². The van der Waals surface area contributed by atoms with Gasteiger partial charge in [-0.1, -0.05) is 18.2 Å². The molecule has 1 heterocycles. The Morgan fingerprint density at radius 1 is 1.16 bits per heavy atom. The van der Waals surface area contributed by atoms with Crippen LogP contribution >= 0.6 is 24.0 Å². The first kappa shape index (κ1) is 25.0. The van der Waals surface area contributed by atoms with Crippen molar-refractivity contribution < 1.29 is 13.5 Å². The summed E-state index contributed by atoms with van der Waals surface area (Å²) in [4.78, 5) is 6.50. The molecule has 0 spiro atoms. The van der Waals surface area contributed by atoms with Crippen molar-refractivity contribution in [2.24, 2.45) is 4.99 Å². The molecule has 1 saturated heterocycles. The number of aliphatic imine (C=N–C) groups is 1. The average molecular weight is 541 g/mol. The van der Waals surface area contributed by atoms with Gasteiger partial charge in [-0.2, -0.15) is 5.26 Å². The monoisotopic (exact) mass is 541 g/mol. The molecule has 1 fully saturated rings. The highest BCUT2D eigenvalue weighted by molar-refractivity contribution is 14.0. The Balaban J connectivity index is 0.00000341. The van der Waals surface area contributed by atoms with Gasteiger partial charge in [0.15, 0.2) is 5.96 Å². The van der Waals surface area contributed by atoms with Crippen molar-refractivity contribution in [1.29, 1.82) is 5.26 Å². The third-order valence-electron chi connectivity index (χ3n) is 5.06. The quantitative estimate of drug-likeness (QED) is 0.334. The molecule has 2 aromatic rings. The molecule has 6 nitrogen and oxygen atoms in total. The summed E-state index contributed by atoms with van der Waals surface area (Å²) in [5.41, 5.74) is 1.73. The van der Waals surface area contributed by atoms with Crippen molar-refractivity contribution in [3.05, 3.63) is 70.8 Å². The summed E-state index contributed by atoms with van der Waals surface area (Å²) in [5, 5.41) is 15.2. The van der Waals surface area contributed by atoms with Gasteiger partial charge in [-0.3, -0.25) is 9.89 Å². The third-order valence-corrected chi connectivity index (χ3v) is 5.06. The van der Waals surface area contributed by atoms with E-state index in [4.69, 9.17) is 10.00 Å². The number of halogens is 3. The molecule has 2 aromatic carbocycles. The molecule has 0 radical (unpaired) electrons. The predicted octanol–water partition coefficient (Wildman–Crippen LogP) is 3.19. The van der Waals surface area contributed by atoms with Crippen LogP contribution in [-0.2, 0) is 11.3 Å². The number of nitriles is 1. The second-order valence-corrected chi connectivity index (χ2v) is 6.94. The summed E-state index contributed by atoms with van der Waals surface area (Å²) < 4.78 is 32.9. The maximum Gasteiger partial charge on any atom is 0.191 e. The molecule has 1 unspecified atom stereocenters. The van der Waals surface area contributed by atoms with Crippen LogP contribution in [-0.4, -0.2) is 50.8 Å². The minimum absolute atomic E-state index is 0. The predicted molar refractivity (Wildman–Crippen MR) is 126 cm³/mol. The maximum absolute atomic E-state index is 14.1. The fraction of sp³-hybridized carbons (Fsp3) is 0.364. The molecule has 3 rings (SSSR count). The molecule has 1 aliphatic rings. The van der Waals surface area contributed by atoms with E-state index in [1.54, 1.807) is 31.3 Å². The maximum atomic E-state index is 14.1. The third kappa shape index (κ3) is 7.12. The molecule has 0 amide bonds. The van der Waals surface area contributed by atoms with Gasteiger partial charge in [-0.25, -0.2) is 8.78 Å². The first-order valence-corrected chi connectivity index (χ1v) is 9.81. The first-order chi connectivity index (χ1) is 14.6. The number of hydrogen-bond donors (Lipinski definition) is 2. The minimum Gasteiger partial charge on any atom is -0.379 e. The molecule has 31 heavy (non-hydrogen) atoms. The fourth-order valence-corrected chi connectivity index (χ4v) is 3.38. The van der Waals surface area contributed by atoms with Crippen LogP contribution in [0.1, 0.15) is 22.7 Å². The number of ether oxygens (including phenoxy) is 1. The van der Waals surface area contributed by atoms with Gasteiger partial charge in [0.1, 0.15) is 11.6 Å². The molecule has 0 bridgehead atoms. The molecule has 1 aliphatic heterocycles. The molecule has 166 valence electrons. The lowest BCUT2D eigenvalue weighted by Crippen LogP contribution is -2.46. The van der Waals surface area contributed by atoms with Gasteiger partial charge in [0.05, 0.1) is 30.9 Å². The van der Waals surface area contributed by atoms with Crippen LogP contribution in [0, 0.1) is 23.0 Å². The van der Waals surface area contributed by atoms with Crippen LogP contribution in [0.2, 0.25) is 0 Å². The van der Waals surface area contributed by atoms with Crippen LogP contribution < -0.4 is 10.6 Å². The SMILES string of the molecule is CN=C(NCc1ccc(C#N)cc1F)NCC(c1ccc(F)cc1)N1CCOCC1.I. The smallest absolute Gasteiger partial charge is 0.191 e. The zero-order chi connectivity index (χ0) is 21.3. The largest absolute Gasteiger partial charge is 0.379 e. The number of nitrogens with one attached hydrogen (secondary N) is 2. The van der Waals surface area contributed by atoms with E-state index in [9.17, 15) is 8.78 Å². The summed E-state index contributed by atoms with van der Waals surface area (Å²) in [5.74, 6) is -0.178. The molecule has 2 N–H and O–H groups in total. The van der Waals surface area contributed by atoms with Crippen LogP contribution in [0.25, 0.3) is 0 Å². The van der Waals surface area contributed by atoms with Crippen molar-refractivity contribution in [2.45, 2.75) is 12.6 Å². The summed E-state index contributed by atoms with van der Waals surface area (Å²) in [6, 6.07) is 12.8. The average Bonchev–Trinajstić information content (AvgIpc) is 2.78. The highest BCUT2D eigenvalue weighted by Gasteiger charge is 2.23. The van der Waals surface area contributed by atoms with Gasteiger partial charge >= 0.3 is 0 Å². The van der Waals surface area contributed by atoms with Crippen LogP contribution in [0.5, 0.6) is 0 Å². The van der Waals surface area contributed by atoms with Gasteiger partial charge in [-0.05, 0) is 29.8 Å². The highest BCUT2D eigenvalue weighted by Crippen LogP contribution is 2.21. The number of rotatable bonds is 6. The van der Waals surface area contributed by atoms with Gasteiger partial charge < -0.3 is 15.4 Å². The first-order valence-electron chi connectivity index (χ1n) is 9.81. The van der Waals surface area contributed by atoms with E-state index in [1.807, 2.05) is 6.07 Å². The molecular formula is C22H26F2IN5O. The van der Waals surface area contributed by atoms with Crippen molar-refractivity contribution in [3.8, 4) is 6.07 Å². The van der Waals surface area contributed by atoms with Crippen LogP contribution in [0.4, 0.5) is 8.78 Å². The molecule has 0 saturated carbocycles. The second-order valence-electron chi connectivity index (χ2n) is 6.94. The topological polar surface area (TPSA) is 72.7 Å². The van der Waals surface area contributed by atoms with Gasteiger partial charge in [0.25, 0.3) is 0 Å². The zero-order valence-corrected chi connectivity index (χ0v) is 19.6. The minimum atomic E-state index is -0.436. The zero-order valence-electron chi connectivity index (χ0n) is 17.3.